The highest BCUT2D eigenvalue weighted by Crippen LogP contribution is 2.22. The minimum Gasteiger partial charge on any atom is -0.460 e. The van der Waals surface area contributed by atoms with Crippen molar-refractivity contribution >= 4 is 5.97 Å². The fourth-order valence-electron chi connectivity index (χ4n) is 1.82. The molecule has 0 aromatic heterocycles. The molecule has 1 heterocycles. The Bertz CT molecular complexity index is 235. The number of hydrogen-bond donors (Lipinski definition) is 1. The number of nitrogens with zero attached hydrogens (tertiary/aromatic N) is 1. The van der Waals surface area contributed by atoms with Crippen LogP contribution in [0.2, 0.25) is 0 Å². The van der Waals surface area contributed by atoms with Crippen molar-refractivity contribution in [3.63, 3.8) is 0 Å². The number of hydrogen-bond acceptors (Lipinski definition) is 4. The summed E-state index contributed by atoms with van der Waals surface area (Å²) in [5.74, 6) is -0.343. The zero-order chi connectivity index (χ0) is 11.6. The van der Waals surface area contributed by atoms with Gasteiger partial charge in [0, 0.05) is 0 Å². The van der Waals surface area contributed by atoms with Crippen molar-refractivity contribution in [1.82, 2.24) is 4.90 Å². The Morgan fingerprint density at radius 3 is 2.60 bits per heavy atom. The molecule has 0 aliphatic carbocycles. The van der Waals surface area contributed by atoms with Crippen LogP contribution in [0.25, 0.3) is 0 Å². The van der Waals surface area contributed by atoms with Crippen molar-refractivity contribution in [2.24, 2.45) is 11.7 Å². The molecule has 0 aromatic rings. The smallest absolute Gasteiger partial charge is 0.312 e. The molecular weight excluding hydrogens is 192 g/mol. The van der Waals surface area contributed by atoms with Crippen LogP contribution in [0.5, 0.6) is 0 Å². The molecule has 15 heavy (non-hydrogen) atoms. The van der Waals surface area contributed by atoms with Crippen LogP contribution in [0.4, 0.5) is 0 Å². The fraction of sp³-hybridized carbons (Fsp3) is 0.909. The van der Waals surface area contributed by atoms with Crippen LogP contribution in [-0.2, 0) is 9.53 Å². The monoisotopic (exact) mass is 214 g/mol. The Morgan fingerprint density at radius 1 is 1.47 bits per heavy atom. The summed E-state index contributed by atoms with van der Waals surface area (Å²) in [4.78, 5) is 13.9. The Morgan fingerprint density at radius 2 is 2.07 bits per heavy atom. The van der Waals surface area contributed by atoms with Gasteiger partial charge in [-0.3, -0.25) is 9.69 Å². The van der Waals surface area contributed by atoms with Crippen molar-refractivity contribution < 1.29 is 9.53 Å². The van der Waals surface area contributed by atoms with Gasteiger partial charge in [0.2, 0.25) is 0 Å². The number of carbonyl (C=O) groups is 1. The summed E-state index contributed by atoms with van der Waals surface area (Å²) in [6, 6.07) is 0. The molecular formula is C11H22N2O2. The summed E-state index contributed by atoms with van der Waals surface area (Å²) < 4.78 is 5.35. The third-order valence-corrected chi connectivity index (χ3v) is 2.66. The first-order valence-electron chi connectivity index (χ1n) is 5.50. The molecule has 88 valence electrons. The molecule has 1 fully saturated rings. The van der Waals surface area contributed by atoms with E-state index in [0.29, 0.717) is 0 Å². The van der Waals surface area contributed by atoms with Gasteiger partial charge in [0.25, 0.3) is 0 Å². The lowest BCUT2D eigenvalue weighted by atomic mass is 9.95. The second-order valence-electron chi connectivity index (χ2n) is 5.25. The Hall–Kier alpha value is -0.610. The molecule has 1 aliphatic heterocycles. The molecule has 0 radical (unpaired) electrons. The van der Waals surface area contributed by atoms with E-state index in [0.717, 1.165) is 19.4 Å². The zero-order valence-corrected chi connectivity index (χ0v) is 10.1. The number of likely N-dealkylation sites (tertiary alicyclic amines) is 1. The van der Waals surface area contributed by atoms with E-state index in [2.05, 4.69) is 0 Å². The van der Waals surface area contributed by atoms with Crippen LogP contribution < -0.4 is 5.73 Å². The van der Waals surface area contributed by atoms with E-state index in [1.165, 1.54) is 0 Å². The summed E-state index contributed by atoms with van der Waals surface area (Å²) in [5.41, 5.74) is 5.54. The SMILES string of the molecule is CN1CCCC(C(=O)OC(C)(C)C)C1N. The van der Waals surface area contributed by atoms with Gasteiger partial charge < -0.3 is 10.5 Å². The lowest BCUT2D eigenvalue weighted by molar-refractivity contribution is -0.164. The summed E-state index contributed by atoms with van der Waals surface area (Å²) in [6.45, 7) is 6.59. The topological polar surface area (TPSA) is 55.6 Å². The Balaban J connectivity index is 2.59. The summed E-state index contributed by atoms with van der Waals surface area (Å²) in [7, 11) is 1.95. The second-order valence-corrected chi connectivity index (χ2v) is 5.25. The first-order valence-corrected chi connectivity index (χ1v) is 5.50. The highest BCUT2D eigenvalue weighted by Gasteiger charge is 2.34. The molecule has 0 amide bonds. The summed E-state index contributed by atoms with van der Waals surface area (Å²) in [6.07, 6.45) is 1.64. The lowest BCUT2D eigenvalue weighted by Crippen LogP contribution is -2.52. The van der Waals surface area contributed by atoms with E-state index in [9.17, 15) is 4.79 Å². The molecule has 4 nitrogen and oxygen atoms in total. The lowest BCUT2D eigenvalue weighted by Gasteiger charge is -2.36. The third-order valence-electron chi connectivity index (χ3n) is 2.66. The van der Waals surface area contributed by atoms with Crippen molar-refractivity contribution in [2.45, 2.75) is 45.4 Å². The fourth-order valence-corrected chi connectivity index (χ4v) is 1.82. The van der Waals surface area contributed by atoms with Crippen LogP contribution in [0.3, 0.4) is 0 Å². The van der Waals surface area contributed by atoms with Gasteiger partial charge in [-0.25, -0.2) is 0 Å². The second kappa shape index (κ2) is 4.49. The zero-order valence-electron chi connectivity index (χ0n) is 10.1. The highest BCUT2D eigenvalue weighted by atomic mass is 16.6. The molecule has 0 spiro atoms. The Kier molecular flexibility index (Phi) is 3.73. The van der Waals surface area contributed by atoms with Gasteiger partial charge >= 0.3 is 5.97 Å². The van der Waals surface area contributed by atoms with Crippen molar-refractivity contribution in [2.75, 3.05) is 13.6 Å². The van der Waals surface area contributed by atoms with Crippen LogP contribution >= 0.6 is 0 Å². The van der Waals surface area contributed by atoms with Crippen LogP contribution in [0.15, 0.2) is 0 Å². The average molecular weight is 214 g/mol. The predicted molar refractivity (Wildman–Crippen MR) is 59.2 cm³/mol. The van der Waals surface area contributed by atoms with Gasteiger partial charge in [0.15, 0.2) is 0 Å². The molecule has 0 saturated carbocycles. The largest absolute Gasteiger partial charge is 0.460 e. The standard InChI is InChI=1S/C11H22N2O2/c1-11(2,3)15-10(14)8-6-5-7-13(4)9(8)12/h8-9H,5-7,12H2,1-4H3. The number of rotatable bonds is 1. The van der Waals surface area contributed by atoms with Crippen LogP contribution in [0, 0.1) is 5.92 Å². The molecule has 4 heteroatoms. The van der Waals surface area contributed by atoms with Gasteiger partial charge in [0.05, 0.1) is 12.1 Å². The van der Waals surface area contributed by atoms with E-state index in [1.807, 2.05) is 32.7 Å². The number of esters is 1. The summed E-state index contributed by atoms with van der Waals surface area (Å²) >= 11 is 0. The van der Waals surface area contributed by atoms with Crippen molar-refractivity contribution in [3.05, 3.63) is 0 Å². The van der Waals surface area contributed by atoms with E-state index in [1.54, 1.807) is 0 Å². The predicted octanol–water partition coefficient (Wildman–Crippen LogP) is 0.955. The van der Waals surface area contributed by atoms with Gasteiger partial charge in [-0.1, -0.05) is 0 Å². The van der Waals surface area contributed by atoms with Crippen LogP contribution in [-0.4, -0.2) is 36.2 Å². The maximum atomic E-state index is 11.8. The molecule has 2 atom stereocenters. The average Bonchev–Trinajstić information content (AvgIpc) is 2.06. The van der Waals surface area contributed by atoms with Gasteiger partial charge in [0.1, 0.15) is 5.60 Å². The van der Waals surface area contributed by atoms with Gasteiger partial charge in [-0.15, -0.1) is 0 Å². The molecule has 0 bridgehead atoms. The molecule has 0 aromatic carbocycles. The number of ether oxygens (including phenoxy) is 1. The molecule has 1 rings (SSSR count). The molecule has 2 unspecified atom stereocenters. The van der Waals surface area contributed by atoms with Gasteiger partial charge in [-0.2, -0.15) is 0 Å². The summed E-state index contributed by atoms with van der Waals surface area (Å²) in [5, 5.41) is 0. The van der Waals surface area contributed by atoms with E-state index in [-0.39, 0.29) is 18.1 Å². The number of nitrogens with two attached hydrogens (primary N) is 1. The quantitative estimate of drug-likeness (QED) is 0.660. The maximum absolute atomic E-state index is 11.8. The normalized spacial score (nSPS) is 28.9. The molecule has 1 saturated heterocycles. The minimum absolute atomic E-state index is 0.165. The maximum Gasteiger partial charge on any atom is 0.312 e. The van der Waals surface area contributed by atoms with E-state index < -0.39 is 5.60 Å². The molecule has 1 aliphatic rings. The van der Waals surface area contributed by atoms with Crippen LogP contribution in [0.1, 0.15) is 33.6 Å². The van der Waals surface area contributed by atoms with Gasteiger partial charge in [-0.05, 0) is 47.2 Å². The Labute approximate surface area is 91.8 Å². The molecule has 2 N–H and O–H groups in total. The number of piperidine rings is 1. The number of carbonyl (C=O) groups excluding carboxylic acids is 1. The van der Waals surface area contributed by atoms with E-state index in [4.69, 9.17) is 10.5 Å². The first kappa shape index (κ1) is 12.5. The minimum atomic E-state index is -0.424. The van der Waals surface area contributed by atoms with Crippen molar-refractivity contribution in [1.29, 1.82) is 0 Å². The first-order chi connectivity index (χ1) is 6.81. The van der Waals surface area contributed by atoms with Crippen molar-refractivity contribution in [3.8, 4) is 0 Å². The highest BCUT2D eigenvalue weighted by molar-refractivity contribution is 5.73. The van der Waals surface area contributed by atoms with E-state index >= 15 is 0 Å². The third kappa shape index (κ3) is 3.47.